The SMILES string of the molecule is CC[NH+](C)C.CC[NH+](C)C.O=C([O-])C(=O)[O-]. The summed E-state index contributed by atoms with van der Waals surface area (Å²) in [7, 11) is 8.56. The standard InChI is InChI=1S/2C4H11N.C2H2O4/c2*1-4-5(2)3;3-1(4)2(5)6/h2*4H2,1-3H3;(H,3,4)(H,5,6). The molecule has 0 aliphatic carbocycles. The number of carboxylic acids is 2. The van der Waals surface area contributed by atoms with E-state index in [9.17, 15) is 0 Å². The van der Waals surface area contributed by atoms with E-state index in [4.69, 9.17) is 19.8 Å². The Hall–Kier alpha value is -1.14. The summed E-state index contributed by atoms with van der Waals surface area (Å²) < 4.78 is 0. The molecule has 0 aliphatic rings. The first kappa shape index (κ1) is 20.3. The number of nitrogens with one attached hydrogen (secondary N) is 2. The fourth-order valence-corrected chi connectivity index (χ4v) is 0. The molecule has 0 radical (unpaired) electrons. The topological polar surface area (TPSA) is 89.1 Å². The molecule has 0 aromatic heterocycles. The summed E-state index contributed by atoms with van der Waals surface area (Å²) in [5.41, 5.74) is 0. The molecule has 0 saturated heterocycles. The Morgan fingerprint density at radius 3 is 0.938 bits per heavy atom. The monoisotopic (exact) mass is 236 g/mol. The number of hydrogen-bond acceptors (Lipinski definition) is 4. The van der Waals surface area contributed by atoms with E-state index in [1.54, 1.807) is 0 Å². The second-order valence-electron chi connectivity index (χ2n) is 3.70. The summed E-state index contributed by atoms with van der Waals surface area (Å²) in [6.07, 6.45) is 0. The van der Waals surface area contributed by atoms with Gasteiger partial charge < -0.3 is 29.6 Å². The van der Waals surface area contributed by atoms with Gasteiger partial charge in [0.15, 0.2) is 0 Å². The van der Waals surface area contributed by atoms with Crippen LogP contribution in [0.3, 0.4) is 0 Å². The van der Waals surface area contributed by atoms with Crippen molar-refractivity contribution >= 4 is 11.9 Å². The van der Waals surface area contributed by atoms with Crippen molar-refractivity contribution in [3.8, 4) is 0 Å². The van der Waals surface area contributed by atoms with Crippen LogP contribution in [0.25, 0.3) is 0 Å². The summed E-state index contributed by atoms with van der Waals surface area (Å²) in [6, 6.07) is 0. The molecule has 0 aromatic rings. The maximum absolute atomic E-state index is 8.93. The van der Waals surface area contributed by atoms with E-state index < -0.39 is 11.9 Å². The van der Waals surface area contributed by atoms with Gasteiger partial charge in [0.1, 0.15) is 0 Å². The van der Waals surface area contributed by atoms with Crippen LogP contribution in [0.2, 0.25) is 0 Å². The van der Waals surface area contributed by atoms with Gasteiger partial charge in [0, 0.05) is 0 Å². The molecular weight excluding hydrogens is 212 g/mol. The number of carbonyl (C=O) groups excluding carboxylic acids is 2. The van der Waals surface area contributed by atoms with Gasteiger partial charge in [-0.15, -0.1) is 0 Å². The van der Waals surface area contributed by atoms with Gasteiger partial charge in [-0.05, 0) is 13.8 Å². The Kier molecular flexibility index (Phi) is 17.6. The number of carboxylic acid groups (broad SMARTS) is 2. The van der Waals surface area contributed by atoms with Crippen molar-refractivity contribution in [3.63, 3.8) is 0 Å². The molecule has 16 heavy (non-hydrogen) atoms. The van der Waals surface area contributed by atoms with E-state index in [0.29, 0.717) is 0 Å². The number of quaternary nitrogens is 2. The molecule has 0 bridgehead atoms. The highest BCUT2D eigenvalue weighted by Gasteiger charge is 1.76. The first-order chi connectivity index (χ1) is 7.18. The molecule has 6 nitrogen and oxygen atoms in total. The van der Waals surface area contributed by atoms with Crippen LogP contribution in [0, 0.1) is 0 Å². The highest BCUT2D eigenvalue weighted by molar-refractivity contribution is 6.25. The average Bonchev–Trinajstić information content (AvgIpc) is 2.19. The first-order valence-corrected chi connectivity index (χ1v) is 5.19. The lowest BCUT2D eigenvalue weighted by Gasteiger charge is -1.97. The van der Waals surface area contributed by atoms with Crippen molar-refractivity contribution in [1.29, 1.82) is 0 Å². The minimum absolute atomic E-state index is 1.22. The van der Waals surface area contributed by atoms with Crippen LogP contribution in [0.5, 0.6) is 0 Å². The van der Waals surface area contributed by atoms with Crippen molar-refractivity contribution in [2.24, 2.45) is 0 Å². The normalized spacial score (nSPS) is 8.75. The largest absolute Gasteiger partial charge is 0.543 e. The maximum atomic E-state index is 8.93. The fourth-order valence-electron chi connectivity index (χ4n) is 0. The molecule has 0 rings (SSSR count). The van der Waals surface area contributed by atoms with Crippen LogP contribution in [0.1, 0.15) is 13.8 Å². The van der Waals surface area contributed by atoms with Crippen molar-refractivity contribution in [2.45, 2.75) is 13.8 Å². The predicted molar refractivity (Wildman–Crippen MR) is 56.7 cm³/mol. The van der Waals surface area contributed by atoms with Gasteiger partial charge in [-0.2, -0.15) is 0 Å². The molecule has 0 heterocycles. The second-order valence-corrected chi connectivity index (χ2v) is 3.70. The van der Waals surface area contributed by atoms with E-state index in [2.05, 4.69) is 42.0 Å². The molecule has 0 unspecified atom stereocenters. The van der Waals surface area contributed by atoms with Crippen LogP contribution in [0.15, 0.2) is 0 Å². The third-order valence-electron chi connectivity index (χ3n) is 1.58. The molecule has 0 aromatic carbocycles. The Morgan fingerprint density at radius 1 is 0.812 bits per heavy atom. The molecule has 0 amide bonds. The third kappa shape index (κ3) is 38.4. The lowest BCUT2D eigenvalue weighted by molar-refractivity contribution is -0.856. The van der Waals surface area contributed by atoms with Crippen LogP contribution >= 0.6 is 0 Å². The molecule has 98 valence electrons. The molecular formula is C10H24N2O4. The first-order valence-electron chi connectivity index (χ1n) is 5.19. The van der Waals surface area contributed by atoms with Crippen LogP contribution in [-0.2, 0) is 9.59 Å². The van der Waals surface area contributed by atoms with Gasteiger partial charge in [0.2, 0.25) is 0 Å². The Labute approximate surface area is 97.5 Å². The fraction of sp³-hybridized carbons (Fsp3) is 0.800. The zero-order valence-electron chi connectivity index (χ0n) is 11.0. The molecule has 0 atom stereocenters. The van der Waals surface area contributed by atoms with Crippen molar-refractivity contribution in [2.75, 3.05) is 41.3 Å². The minimum atomic E-state index is -2.19. The van der Waals surface area contributed by atoms with Crippen LogP contribution < -0.4 is 20.0 Å². The summed E-state index contributed by atoms with van der Waals surface area (Å²) in [4.78, 5) is 20.9. The third-order valence-corrected chi connectivity index (χ3v) is 1.58. The Bertz CT molecular complexity index is 162. The van der Waals surface area contributed by atoms with Crippen molar-refractivity contribution in [3.05, 3.63) is 0 Å². The minimum Gasteiger partial charge on any atom is -0.543 e. The number of aliphatic carboxylic acids is 2. The Balaban J connectivity index is -0.000000160. The van der Waals surface area contributed by atoms with Gasteiger partial charge in [-0.1, -0.05) is 0 Å². The van der Waals surface area contributed by atoms with E-state index in [1.165, 1.54) is 22.9 Å². The lowest BCUT2D eigenvalue weighted by atomic mass is 10.7. The van der Waals surface area contributed by atoms with Gasteiger partial charge in [-0.25, -0.2) is 0 Å². The van der Waals surface area contributed by atoms with E-state index in [-0.39, 0.29) is 0 Å². The smallest absolute Gasteiger partial charge is 0.0870 e. The zero-order valence-corrected chi connectivity index (χ0v) is 11.0. The Morgan fingerprint density at radius 2 is 0.938 bits per heavy atom. The summed E-state index contributed by atoms with van der Waals surface area (Å²) in [5.74, 6) is -4.37. The predicted octanol–water partition coefficient (Wildman–Crippen LogP) is -5.21. The summed E-state index contributed by atoms with van der Waals surface area (Å²) in [6.45, 7) is 6.77. The van der Waals surface area contributed by atoms with Crippen LogP contribution in [-0.4, -0.2) is 53.2 Å². The quantitative estimate of drug-likeness (QED) is 0.469. The zero-order chi connectivity index (χ0) is 13.7. The molecule has 0 aliphatic heterocycles. The number of rotatable bonds is 2. The summed E-state index contributed by atoms with van der Waals surface area (Å²) >= 11 is 0. The molecule has 0 saturated carbocycles. The highest BCUT2D eigenvalue weighted by Crippen LogP contribution is 1.41. The van der Waals surface area contributed by atoms with E-state index in [1.807, 2.05) is 0 Å². The second kappa shape index (κ2) is 13.9. The maximum Gasteiger partial charge on any atom is 0.0870 e. The molecule has 0 spiro atoms. The van der Waals surface area contributed by atoms with Gasteiger partial charge in [0.25, 0.3) is 0 Å². The summed E-state index contributed by atoms with van der Waals surface area (Å²) in [5, 5.41) is 17.9. The lowest BCUT2D eigenvalue weighted by Crippen LogP contribution is -3.05. The van der Waals surface area contributed by atoms with Crippen molar-refractivity contribution in [1.82, 2.24) is 0 Å². The molecule has 2 N–H and O–H groups in total. The van der Waals surface area contributed by atoms with Gasteiger partial charge in [0.05, 0.1) is 53.2 Å². The molecule has 0 fully saturated rings. The van der Waals surface area contributed by atoms with Gasteiger partial charge in [-0.3, -0.25) is 0 Å². The molecule has 6 heteroatoms. The average molecular weight is 236 g/mol. The number of carbonyl (C=O) groups is 2. The van der Waals surface area contributed by atoms with Crippen LogP contribution in [0.4, 0.5) is 0 Å². The van der Waals surface area contributed by atoms with E-state index >= 15 is 0 Å². The van der Waals surface area contributed by atoms with Crippen molar-refractivity contribution < 1.29 is 29.6 Å². The highest BCUT2D eigenvalue weighted by atomic mass is 16.4. The van der Waals surface area contributed by atoms with E-state index in [0.717, 1.165) is 0 Å². The van der Waals surface area contributed by atoms with Gasteiger partial charge >= 0.3 is 0 Å². The number of hydrogen-bond donors (Lipinski definition) is 2.